The summed E-state index contributed by atoms with van der Waals surface area (Å²) in [5, 5.41) is 12.0. The van der Waals surface area contributed by atoms with Gasteiger partial charge in [0, 0.05) is 19.2 Å². The van der Waals surface area contributed by atoms with Crippen molar-refractivity contribution in [2.75, 3.05) is 19.7 Å². The van der Waals surface area contributed by atoms with Crippen molar-refractivity contribution in [3.8, 4) is 0 Å². The summed E-state index contributed by atoms with van der Waals surface area (Å²) >= 11 is 0. The maximum Gasteiger partial charge on any atom is 0.237 e. The average Bonchev–Trinajstić information content (AvgIpc) is 2.38. The molecule has 0 aliphatic carbocycles. The standard InChI is InChI=1S/C14H28N2O2/c1-4-11(2)15-14(18)12(3)16-8-5-6-13(10-16)7-9-17/h11-13,17H,4-10H2,1-3H3,(H,15,18). The maximum absolute atomic E-state index is 12.1. The highest BCUT2D eigenvalue weighted by molar-refractivity contribution is 5.81. The fraction of sp³-hybridized carbons (Fsp3) is 0.929. The molecule has 0 spiro atoms. The zero-order valence-electron chi connectivity index (χ0n) is 12.0. The number of likely N-dealkylation sites (tertiary alicyclic amines) is 1. The molecule has 0 aromatic heterocycles. The van der Waals surface area contributed by atoms with Gasteiger partial charge in [0.05, 0.1) is 6.04 Å². The van der Waals surface area contributed by atoms with Gasteiger partial charge in [0.25, 0.3) is 0 Å². The molecule has 1 aliphatic heterocycles. The van der Waals surface area contributed by atoms with Crippen LogP contribution in [0.25, 0.3) is 0 Å². The average molecular weight is 256 g/mol. The molecule has 1 rings (SSSR count). The molecule has 0 saturated carbocycles. The van der Waals surface area contributed by atoms with E-state index in [0.29, 0.717) is 5.92 Å². The summed E-state index contributed by atoms with van der Waals surface area (Å²) in [6, 6.07) is 0.193. The normalized spacial score (nSPS) is 24.6. The van der Waals surface area contributed by atoms with Gasteiger partial charge in [-0.1, -0.05) is 6.92 Å². The van der Waals surface area contributed by atoms with Crippen molar-refractivity contribution in [1.29, 1.82) is 0 Å². The fourth-order valence-corrected chi connectivity index (χ4v) is 2.50. The monoisotopic (exact) mass is 256 g/mol. The number of hydrogen-bond donors (Lipinski definition) is 2. The molecule has 1 aliphatic rings. The van der Waals surface area contributed by atoms with Gasteiger partial charge in [-0.15, -0.1) is 0 Å². The third-order valence-corrected chi connectivity index (χ3v) is 4.02. The summed E-state index contributed by atoms with van der Waals surface area (Å²) < 4.78 is 0. The van der Waals surface area contributed by atoms with Crippen LogP contribution in [-0.4, -0.2) is 47.7 Å². The van der Waals surface area contributed by atoms with Crippen molar-refractivity contribution in [1.82, 2.24) is 10.2 Å². The molecule has 4 nitrogen and oxygen atoms in total. The molecule has 4 heteroatoms. The SMILES string of the molecule is CCC(C)NC(=O)C(C)N1CCCC(CCO)C1. The van der Waals surface area contributed by atoms with E-state index in [1.807, 2.05) is 13.8 Å². The van der Waals surface area contributed by atoms with Crippen LogP contribution in [0.3, 0.4) is 0 Å². The van der Waals surface area contributed by atoms with E-state index < -0.39 is 0 Å². The van der Waals surface area contributed by atoms with E-state index in [1.54, 1.807) is 0 Å². The first-order valence-electron chi connectivity index (χ1n) is 7.23. The van der Waals surface area contributed by atoms with E-state index in [-0.39, 0.29) is 24.6 Å². The molecule has 18 heavy (non-hydrogen) atoms. The predicted octanol–water partition coefficient (Wildman–Crippen LogP) is 1.38. The Bertz CT molecular complexity index is 256. The van der Waals surface area contributed by atoms with Gasteiger partial charge in [-0.3, -0.25) is 9.69 Å². The highest BCUT2D eigenvalue weighted by Gasteiger charge is 2.27. The van der Waals surface area contributed by atoms with Crippen LogP contribution >= 0.6 is 0 Å². The van der Waals surface area contributed by atoms with E-state index in [0.717, 1.165) is 32.4 Å². The lowest BCUT2D eigenvalue weighted by molar-refractivity contribution is -0.127. The molecule has 0 bridgehead atoms. The summed E-state index contributed by atoms with van der Waals surface area (Å²) in [6.45, 7) is 8.29. The van der Waals surface area contributed by atoms with Gasteiger partial charge in [0.1, 0.15) is 0 Å². The Morgan fingerprint density at radius 3 is 2.83 bits per heavy atom. The summed E-state index contributed by atoms with van der Waals surface area (Å²) in [4.78, 5) is 14.3. The Hall–Kier alpha value is -0.610. The van der Waals surface area contributed by atoms with Gasteiger partial charge in [-0.2, -0.15) is 0 Å². The second kappa shape index (κ2) is 7.74. The molecule has 0 radical (unpaired) electrons. The van der Waals surface area contributed by atoms with Crippen molar-refractivity contribution in [3.63, 3.8) is 0 Å². The molecule has 1 saturated heterocycles. The number of nitrogens with one attached hydrogen (secondary N) is 1. The zero-order valence-corrected chi connectivity index (χ0v) is 12.0. The molecule has 1 heterocycles. The minimum absolute atomic E-state index is 0.0551. The van der Waals surface area contributed by atoms with E-state index in [4.69, 9.17) is 5.11 Å². The third-order valence-electron chi connectivity index (χ3n) is 4.02. The molecule has 0 aromatic rings. The number of aliphatic hydroxyl groups is 1. The largest absolute Gasteiger partial charge is 0.396 e. The zero-order chi connectivity index (χ0) is 13.5. The Morgan fingerprint density at radius 1 is 1.50 bits per heavy atom. The maximum atomic E-state index is 12.1. The molecule has 0 aromatic carbocycles. The Morgan fingerprint density at radius 2 is 2.22 bits per heavy atom. The number of hydrogen-bond acceptors (Lipinski definition) is 3. The number of nitrogens with zero attached hydrogens (tertiary/aromatic N) is 1. The van der Waals surface area contributed by atoms with Crippen molar-refractivity contribution in [2.45, 2.75) is 58.5 Å². The lowest BCUT2D eigenvalue weighted by Gasteiger charge is -2.36. The predicted molar refractivity (Wildman–Crippen MR) is 73.4 cm³/mol. The Balaban J connectivity index is 2.44. The van der Waals surface area contributed by atoms with Gasteiger partial charge >= 0.3 is 0 Å². The van der Waals surface area contributed by atoms with E-state index >= 15 is 0 Å². The van der Waals surface area contributed by atoms with Crippen molar-refractivity contribution in [3.05, 3.63) is 0 Å². The van der Waals surface area contributed by atoms with Crippen LogP contribution in [0.1, 0.15) is 46.5 Å². The first-order valence-corrected chi connectivity index (χ1v) is 7.23. The van der Waals surface area contributed by atoms with Gasteiger partial charge in [-0.25, -0.2) is 0 Å². The van der Waals surface area contributed by atoms with Crippen LogP contribution in [0.2, 0.25) is 0 Å². The summed E-state index contributed by atoms with van der Waals surface area (Å²) in [5.74, 6) is 0.677. The van der Waals surface area contributed by atoms with Gasteiger partial charge in [0.2, 0.25) is 5.91 Å². The number of piperidine rings is 1. The molecule has 3 unspecified atom stereocenters. The van der Waals surface area contributed by atoms with Crippen molar-refractivity contribution >= 4 is 5.91 Å². The van der Waals surface area contributed by atoms with E-state index in [9.17, 15) is 4.79 Å². The van der Waals surface area contributed by atoms with Crippen molar-refractivity contribution < 1.29 is 9.90 Å². The van der Waals surface area contributed by atoms with Crippen LogP contribution in [-0.2, 0) is 4.79 Å². The minimum atomic E-state index is -0.0551. The molecule has 2 N–H and O–H groups in total. The lowest BCUT2D eigenvalue weighted by atomic mass is 9.94. The van der Waals surface area contributed by atoms with Crippen LogP contribution in [0.15, 0.2) is 0 Å². The second-order valence-corrected chi connectivity index (χ2v) is 5.51. The van der Waals surface area contributed by atoms with Crippen LogP contribution in [0.4, 0.5) is 0 Å². The second-order valence-electron chi connectivity index (χ2n) is 5.51. The highest BCUT2D eigenvalue weighted by atomic mass is 16.3. The highest BCUT2D eigenvalue weighted by Crippen LogP contribution is 2.21. The van der Waals surface area contributed by atoms with Crippen LogP contribution in [0, 0.1) is 5.92 Å². The number of carbonyl (C=O) groups excluding carboxylic acids is 1. The topological polar surface area (TPSA) is 52.6 Å². The molecule has 3 atom stereocenters. The Kier molecular flexibility index (Phi) is 6.65. The third kappa shape index (κ3) is 4.58. The van der Waals surface area contributed by atoms with Gasteiger partial charge in [-0.05, 0) is 52.0 Å². The summed E-state index contributed by atoms with van der Waals surface area (Å²) in [7, 11) is 0. The van der Waals surface area contributed by atoms with Gasteiger partial charge in [0.15, 0.2) is 0 Å². The number of carbonyl (C=O) groups is 1. The van der Waals surface area contributed by atoms with E-state index in [2.05, 4.69) is 17.1 Å². The van der Waals surface area contributed by atoms with Gasteiger partial charge < -0.3 is 10.4 Å². The molecule has 1 fully saturated rings. The number of aliphatic hydroxyl groups excluding tert-OH is 1. The first-order chi connectivity index (χ1) is 8.58. The van der Waals surface area contributed by atoms with Crippen LogP contribution in [0.5, 0.6) is 0 Å². The summed E-state index contributed by atoms with van der Waals surface area (Å²) in [5.41, 5.74) is 0. The molecule has 106 valence electrons. The molecular formula is C14H28N2O2. The first kappa shape index (κ1) is 15.4. The Labute approximate surface area is 111 Å². The fourth-order valence-electron chi connectivity index (χ4n) is 2.50. The number of rotatable bonds is 6. The van der Waals surface area contributed by atoms with Crippen LogP contribution < -0.4 is 5.32 Å². The van der Waals surface area contributed by atoms with E-state index in [1.165, 1.54) is 6.42 Å². The molecular weight excluding hydrogens is 228 g/mol. The lowest BCUT2D eigenvalue weighted by Crippen LogP contribution is -2.50. The summed E-state index contributed by atoms with van der Waals surface area (Å²) in [6.07, 6.45) is 4.13. The number of amides is 1. The van der Waals surface area contributed by atoms with Crippen molar-refractivity contribution in [2.24, 2.45) is 5.92 Å². The quantitative estimate of drug-likeness (QED) is 0.755. The molecule has 1 amide bonds. The smallest absolute Gasteiger partial charge is 0.237 e. The minimum Gasteiger partial charge on any atom is -0.396 e.